The molecule has 0 aliphatic heterocycles. The van der Waals surface area contributed by atoms with Gasteiger partial charge in [-0.25, -0.2) is 4.39 Å². The van der Waals surface area contributed by atoms with Crippen molar-refractivity contribution in [2.75, 3.05) is 7.11 Å². The van der Waals surface area contributed by atoms with Crippen LogP contribution in [0.2, 0.25) is 0 Å². The molecule has 0 spiro atoms. The van der Waals surface area contributed by atoms with Gasteiger partial charge < -0.3 is 10.5 Å². The summed E-state index contributed by atoms with van der Waals surface area (Å²) in [4.78, 5) is 0. The molecule has 3 atom stereocenters. The van der Waals surface area contributed by atoms with Crippen molar-refractivity contribution in [2.24, 2.45) is 17.6 Å². The molecule has 0 heterocycles. The van der Waals surface area contributed by atoms with Gasteiger partial charge in [0, 0.05) is 6.04 Å². The quantitative estimate of drug-likeness (QED) is 0.889. The van der Waals surface area contributed by atoms with Crippen molar-refractivity contribution in [1.82, 2.24) is 0 Å². The third-order valence-corrected chi connectivity index (χ3v) is 4.05. The van der Waals surface area contributed by atoms with Gasteiger partial charge in [-0.15, -0.1) is 0 Å². The van der Waals surface area contributed by atoms with Gasteiger partial charge in [0.15, 0.2) is 11.6 Å². The fraction of sp³-hybridized carbons (Fsp3) is 0.600. The lowest BCUT2D eigenvalue weighted by molar-refractivity contribution is 0.247. The molecule has 1 aromatic carbocycles. The molecule has 3 unspecified atom stereocenters. The molecule has 1 fully saturated rings. The zero-order chi connectivity index (χ0) is 13.1. The Bertz CT molecular complexity index is 407. The van der Waals surface area contributed by atoms with Gasteiger partial charge in [-0.3, -0.25) is 0 Å². The molecule has 2 nitrogen and oxygen atoms in total. The van der Waals surface area contributed by atoms with Crippen LogP contribution >= 0.6 is 0 Å². The third-order valence-electron chi connectivity index (χ3n) is 4.05. The number of nitrogens with two attached hydrogens (primary N) is 1. The first kappa shape index (κ1) is 13.3. The van der Waals surface area contributed by atoms with E-state index in [-0.39, 0.29) is 17.6 Å². The summed E-state index contributed by atoms with van der Waals surface area (Å²) in [6, 6.07) is 5.00. The highest BCUT2D eigenvalue weighted by atomic mass is 19.1. The first-order valence-electron chi connectivity index (χ1n) is 6.71. The molecule has 1 saturated carbocycles. The van der Waals surface area contributed by atoms with Gasteiger partial charge in [0.05, 0.1) is 7.11 Å². The van der Waals surface area contributed by atoms with Gasteiger partial charge in [0.2, 0.25) is 0 Å². The molecule has 2 N–H and O–H groups in total. The van der Waals surface area contributed by atoms with E-state index in [4.69, 9.17) is 10.5 Å². The number of hydrogen-bond acceptors (Lipinski definition) is 2. The van der Waals surface area contributed by atoms with E-state index < -0.39 is 0 Å². The highest BCUT2D eigenvalue weighted by Gasteiger charge is 2.25. The molecule has 1 aliphatic rings. The first-order chi connectivity index (χ1) is 8.61. The Morgan fingerprint density at radius 3 is 2.78 bits per heavy atom. The van der Waals surface area contributed by atoms with Crippen LogP contribution in [0.4, 0.5) is 4.39 Å². The van der Waals surface area contributed by atoms with E-state index in [0.29, 0.717) is 5.92 Å². The molecule has 1 aromatic rings. The van der Waals surface area contributed by atoms with Crippen molar-refractivity contribution in [3.05, 3.63) is 29.6 Å². The number of benzene rings is 1. The zero-order valence-electron chi connectivity index (χ0n) is 11.2. The molecule has 0 saturated heterocycles. The van der Waals surface area contributed by atoms with Gasteiger partial charge in [-0.1, -0.05) is 25.8 Å². The Morgan fingerprint density at radius 2 is 2.17 bits per heavy atom. The Morgan fingerprint density at radius 1 is 1.39 bits per heavy atom. The lowest BCUT2D eigenvalue weighted by Crippen LogP contribution is -2.26. The highest BCUT2D eigenvalue weighted by Crippen LogP contribution is 2.36. The normalized spacial score (nSPS) is 25.8. The minimum Gasteiger partial charge on any atom is -0.494 e. The Labute approximate surface area is 108 Å². The second kappa shape index (κ2) is 5.70. The van der Waals surface area contributed by atoms with Crippen molar-refractivity contribution in [2.45, 2.75) is 38.6 Å². The summed E-state index contributed by atoms with van der Waals surface area (Å²) in [5, 5.41) is 0. The van der Waals surface area contributed by atoms with Gasteiger partial charge in [-0.2, -0.15) is 0 Å². The van der Waals surface area contributed by atoms with Crippen molar-refractivity contribution in [3.63, 3.8) is 0 Å². The smallest absolute Gasteiger partial charge is 0.165 e. The van der Waals surface area contributed by atoms with E-state index in [1.165, 1.54) is 26.0 Å². The average molecular weight is 251 g/mol. The third kappa shape index (κ3) is 2.83. The second-order valence-corrected chi connectivity index (χ2v) is 5.45. The zero-order valence-corrected chi connectivity index (χ0v) is 11.2. The van der Waals surface area contributed by atoms with Gasteiger partial charge in [0.25, 0.3) is 0 Å². The summed E-state index contributed by atoms with van der Waals surface area (Å²) in [6.07, 6.45) is 4.83. The maximum absolute atomic E-state index is 13.7. The van der Waals surface area contributed by atoms with E-state index in [0.717, 1.165) is 24.3 Å². The predicted molar refractivity (Wildman–Crippen MR) is 71.0 cm³/mol. The predicted octanol–water partition coefficient (Wildman–Crippen LogP) is 3.66. The molecule has 0 amide bonds. The fourth-order valence-corrected chi connectivity index (χ4v) is 2.97. The van der Waals surface area contributed by atoms with Gasteiger partial charge in [-0.05, 0) is 42.4 Å². The minimum atomic E-state index is -0.325. The standard InChI is InChI=1S/C15H22FNO/c1-10-4-3-5-11(8-10)15(17)12-6-7-14(18-2)13(16)9-12/h6-7,9-11,15H,3-5,8,17H2,1-2H3. The summed E-state index contributed by atoms with van der Waals surface area (Å²) in [7, 11) is 1.47. The second-order valence-electron chi connectivity index (χ2n) is 5.45. The maximum atomic E-state index is 13.7. The van der Waals surface area contributed by atoms with Gasteiger partial charge >= 0.3 is 0 Å². The molecule has 3 heteroatoms. The van der Waals surface area contributed by atoms with Crippen molar-refractivity contribution >= 4 is 0 Å². The van der Waals surface area contributed by atoms with Crippen LogP contribution in [0.3, 0.4) is 0 Å². The molecule has 1 aliphatic carbocycles. The lowest BCUT2D eigenvalue weighted by Gasteiger charge is -2.31. The Balaban J connectivity index is 2.12. The van der Waals surface area contributed by atoms with Crippen LogP contribution in [0, 0.1) is 17.7 Å². The van der Waals surface area contributed by atoms with E-state index in [2.05, 4.69) is 6.92 Å². The van der Waals surface area contributed by atoms with Crippen molar-refractivity contribution < 1.29 is 9.13 Å². The molecule has 0 radical (unpaired) electrons. The topological polar surface area (TPSA) is 35.2 Å². The van der Waals surface area contributed by atoms with Crippen LogP contribution in [-0.4, -0.2) is 7.11 Å². The molecular weight excluding hydrogens is 229 g/mol. The van der Waals surface area contributed by atoms with Crippen LogP contribution in [0.1, 0.15) is 44.2 Å². The summed E-state index contributed by atoms with van der Waals surface area (Å²) >= 11 is 0. The molecule has 18 heavy (non-hydrogen) atoms. The van der Waals surface area contributed by atoms with Crippen LogP contribution in [0.5, 0.6) is 5.75 Å². The van der Waals surface area contributed by atoms with Crippen molar-refractivity contribution in [3.8, 4) is 5.75 Å². The van der Waals surface area contributed by atoms with E-state index in [1.807, 2.05) is 6.07 Å². The van der Waals surface area contributed by atoms with E-state index >= 15 is 0 Å². The minimum absolute atomic E-state index is 0.0619. The molecular formula is C15H22FNO. The summed E-state index contributed by atoms with van der Waals surface area (Å²) in [5.74, 6) is 1.16. The Kier molecular flexibility index (Phi) is 4.23. The monoisotopic (exact) mass is 251 g/mol. The molecule has 2 rings (SSSR count). The first-order valence-corrected chi connectivity index (χ1v) is 6.71. The van der Waals surface area contributed by atoms with E-state index in [1.54, 1.807) is 6.07 Å². The van der Waals surface area contributed by atoms with Crippen LogP contribution in [-0.2, 0) is 0 Å². The van der Waals surface area contributed by atoms with Gasteiger partial charge in [0.1, 0.15) is 0 Å². The number of ether oxygens (including phenoxy) is 1. The Hall–Kier alpha value is -1.09. The number of hydrogen-bond donors (Lipinski definition) is 1. The van der Waals surface area contributed by atoms with Crippen LogP contribution in [0.25, 0.3) is 0 Å². The summed E-state index contributed by atoms with van der Waals surface area (Å²) in [6.45, 7) is 2.27. The van der Waals surface area contributed by atoms with E-state index in [9.17, 15) is 4.39 Å². The maximum Gasteiger partial charge on any atom is 0.165 e. The summed E-state index contributed by atoms with van der Waals surface area (Å²) in [5.41, 5.74) is 7.17. The SMILES string of the molecule is COc1ccc(C(N)C2CCCC(C)C2)cc1F. The lowest BCUT2D eigenvalue weighted by atomic mass is 9.77. The van der Waals surface area contributed by atoms with Crippen molar-refractivity contribution in [1.29, 1.82) is 0 Å². The fourth-order valence-electron chi connectivity index (χ4n) is 2.97. The molecule has 100 valence electrons. The number of rotatable bonds is 3. The summed E-state index contributed by atoms with van der Waals surface area (Å²) < 4.78 is 18.6. The average Bonchev–Trinajstić information content (AvgIpc) is 2.37. The molecule has 0 bridgehead atoms. The van der Waals surface area contributed by atoms with Crippen LogP contribution in [0.15, 0.2) is 18.2 Å². The number of halogens is 1. The largest absolute Gasteiger partial charge is 0.494 e. The molecule has 0 aromatic heterocycles. The highest BCUT2D eigenvalue weighted by molar-refractivity contribution is 5.31. The number of methoxy groups -OCH3 is 1. The van der Waals surface area contributed by atoms with Crippen LogP contribution < -0.4 is 10.5 Å².